The third-order valence-corrected chi connectivity index (χ3v) is 5.98. The minimum Gasteiger partial charge on any atom is -0.508 e. The molecule has 0 radical (unpaired) electrons. The number of aromatic hydroxyl groups is 1. The minimum absolute atomic E-state index is 0.236. The van der Waals surface area contributed by atoms with E-state index in [0.29, 0.717) is 13.0 Å². The van der Waals surface area contributed by atoms with Crippen LogP contribution >= 0.6 is 0 Å². The van der Waals surface area contributed by atoms with E-state index in [2.05, 4.69) is 17.0 Å². The number of aliphatic hydroxyl groups excluding tert-OH is 1. The highest BCUT2D eigenvalue weighted by atomic mass is 16.5. The summed E-state index contributed by atoms with van der Waals surface area (Å²) in [4.78, 5) is 2.48. The van der Waals surface area contributed by atoms with E-state index in [1.54, 1.807) is 19.1 Å². The van der Waals surface area contributed by atoms with Crippen LogP contribution in [0.15, 0.2) is 54.6 Å². The SMILES string of the molecule is CC(O)COc1ccc2cc(O)ccc2c1Cc1ccc(OCCN2CCCCC2)cc1. The fourth-order valence-corrected chi connectivity index (χ4v) is 4.27. The maximum atomic E-state index is 9.86. The summed E-state index contributed by atoms with van der Waals surface area (Å²) in [6.07, 6.45) is 4.09. The van der Waals surface area contributed by atoms with Crippen LogP contribution in [0.5, 0.6) is 17.2 Å². The van der Waals surface area contributed by atoms with E-state index < -0.39 is 6.10 Å². The van der Waals surface area contributed by atoms with E-state index >= 15 is 0 Å². The zero-order chi connectivity index (χ0) is 22.3. The fraction of sp³-hybridized carbons (Fsp3) is 0.407. The van der Waals surface area contributed by atoms with Crippen molar-refractivity contribution >= 4 is 10.8 Å². The van der Waals surface area contributed by atoms with Gasteiger partial charge < -0.3 is 19.7 Å². The van der Waals surface area contributed by atoms with Crippen LogP contribution in [0.3, 0.4) is 0 Å². The van der Waals surface area contributed by atoms with Crippen molar-refractivity contribution in [3.63, 3.8) is 0 Å². The molecule has 5 nitrogen and oxygen atoms in total. The van der Waals surface area contributed by atoms with Crippen LogP contribution in [0.1, 0.15) is 37.3 Å². The number of benzene rings is 3. The van der Waals surface area contributed by atoms with E-state index in [1.807, 2.05) is 30.3 Å². The number of likely N-dealkylation sites (tertiary alicyclic amines) is 1. The number of nitrogens with zero attached hydrogens (tertiary/aromatic N) is 1. The molecular weight excluding hydrogens is 402 g/mol. The first-order valence-electron chi connectivity index (χ1n) is 11.6. The second-order valence-corrected chi connectivity index (χ2v) is 8.68. The van der Waals surface area contributed by atoms with Gasteiger partial charge in [0.05, 0.1) is 6.10 Å². The van der Waals surface area contributed by atoms with Crippen molar-refractivity contribution in [2.24, 2.45) is 0 Å². The van der Waals surface area contributed by atoms with Crippen LogP contribution < -0.4 is 9.47 Å². The van der Waals surface area contributed by atoms with Crippen molar-refractivity contribution in [2.45, 2.75) is 38.7 Å². The molecule has 1 heterocycles. The minimum atomic E-state index is -0.542. The lowest BCUT2D eigenvalue weighted by Gasteiger charge is -2.26. The molecular formula is C27H33NO4. The molecule has 0 saturated carbocycles. The molecule has 1 atom stereocenters. The van der Waals surface area contributed by atoms with Crippen LogP contribution in [0.4, 0.5) is 0 Å². The Morgan fingerprint density at radius 2 is 1.72 bits per heavy atom. The largest absolute Gasteiger partial charge is 0.508 e. The molecule has 1 unspecified atom stereocenters. The van der Waals surface area contributed by atoms with Crippen LogP contribution in [-0.4, -0.2) is 54.1 Å². The van der Waals surface area contributed by atoms with Crippen molar-refractivity contribution in [1.29, 1.82) is 0 Å². The number of fused-ring (bicyclic) bond motifs is 1. The molecule has 3 aromatic rings. The highest BCUT2D eigenvalue weighted by molar-refractivity contribution is 5.89. The normalized spacial score (nSPS) is 15.6. The van der Waals surface area contributed by atoms with Crippen LogP contribution in [-0.2, 0) is 6.42 Å². The Bertz CT molecular complexity index is 1010. The van der Waals surface area contributed by atoms with Crippen molar-refractivity contribution in [1.82, 2.24) is 4.90 Å². The highest BCUT2D eigenvalue weighted by Gasteiger charge is 2.13. The second kappa shape index (κ2) is 10.7. The standard InChI is InChI=1S/C27H33NO4/c1-20(29)19-32-27-12-7-22-18-23(30)8-11-25(22)26(27)17-21-5-9-24(10-6-21)31-16-15-28-13-3-2-4-14-28/h5-12,18,20,29-30H,2-4,13-17,19H2,1H3. The summed E-state index contributed by atoms with van der Waals surface area (Å²) in [7, 11) is 0. The lowest BCUT2D eigenvalue weighted by molar-refractivity contribution is 0.122. The van der Waals surface area contributed by atoms with Gasteiger partial charge in [0.1, 0.15) is 30.5 Å². The van der Waals surface area contributed by atoms with Gasteiger partial charge in [0.25, 0.3) is 0 Å². The van der Waals surface area contributed by atoms with Gasteiger partial charge in [-0.05, 0) is 79.5 Å². The summed E-state index contributed by atoms with van der Waals surface area (Å²) in [6.45, 7) is 6.01. The predicted molar refractivity (Wildman–Crippen MR) is 128 cm³/mol. The number of hydrogen-bond donors (Lipinski definition) is 2. The number of phenols is 1. The molecule has 0 aliphatic carbocycles. The highest BCUT2D eigenvalue weighted by Crippen LogP contribution is 2.32. The maximum absolute atomic E-state index is 9.86. The van der Waals surface area contributed by atoms with Gasteiger partial charge in [0.2, 0.25) is 0 Å². The van der Waals surface area contributed by atoms with Crippen molar-refractivity contribution in [3.05, 3.63) is 65.7 Å². The molecule has 3 aromatic carbocycles. The lowest BCUT2D eigenvalue weighted by atomic mass is 9.97. The fourth-order valence-electron chi connectivity index (χ4n) is 4.27. The van der Waals surface area contributed by atoms with Gasteiger partial charge in [-0.1, -0.05) is 30.7 Å². The average Bonchev–Trinajstić information content (AvgIpc) is 2.80. The van der Waals surface area contributed by atoms with E-state index in [0.717, 1.165) is 39.9 Å². The van der Waals surface area contributed by atoms with Crippen LogP contribution in [0.2, 0.25) is 0 Å². The molecule has 2 N–H and O–H groups in total. The Kier molecular flexibility index (Phi) is 7.51. The summed E-state index contributed by atoms with van der Waals surface area (Å²) in [5.74, 6) is 1.89. The molecule has 4 rings (SSSR count). The molecule has 1 fully saturated rings. The molecule has 0 spiro atoms. The first kappa shape index (κ1) is 22.4. The van der Waals surface area contributed by atoms with E-state index in [-0.39, 0.29) is 12.4 Å². The molecule has 1 aliphatic heterocycles. The van der Waals surface area contributed by atoms with Crippen molar-refractivity contribution in [3.8, 4) is 17.2 Å². The summed E-state index contributed by atoms with van der Waals surface area (Å²) in [5.41, 5.74) is 2.19. The van der Waals surface area contributed by atoms with Crippen LogP contribution in [0, 0.1) is 0 Å². The predicted octanol–water partition coefficient (Wildman–Crippen LogP) is 4.76. The first-order chi connectivity index (χ1) is 15.6. The van der Waals surface area contributed by atoms with Gasteiger partial charge in [-0.15, -0.1) is 0 Å². The van der Waals surface area contributed by atoms with Gasteiger partial charge in [0, 0.05) is 18.5 Å². The van der Waals surface area contributed by atoms with Gasteiger partial charge in [-0.25, -0.2) is 0 Å². The number of piperidine rings is 1. The van der Waals surface area contributed by atoms with Crippen molar-refractivity contribution in [2.75, 3.05) is 32.8 Å². The van der Waals surface area contributed by atoms with Crippen LogP contribution in [0.25, 0.3) is 10.8 Å². The van der Waals surface area contributed by atoms with E-state index in [9.17, 15) is 10.2 Å². The molecule has 0 aromatic heterocycles. The van der Waals surface area contributed by atoms with Gasteiger partial charge in [0.15, 0.2) is 0 Å². The second-order valence-electron chi connectivity index (χ2n) is 8.68. The quantitative estimate of drug-likeness (QED) is 0.507. The Morgan fingerprint density at radius 1 is 0.938 bits per heavy atom. The molecule has 0 amide bonds. The Balaban J connectivity index is 1.46. The average molecular weight is 436 g/mol. The zero-order valence-electron chi connectivity index (χ0n) is 18.8. The molecule has 32 heavy (non-hydrogen) atoms. The smallest absolute Gasteiger partial charge is 0.123 e. The summed E-state index contributed by atoms with van der Waals surface area (Å²) < 4.78 is 11.9. The van der Waals surface area contributed by atoms with Gasteiger partial charge in [-0.2, -0.15) is 0 Å². The maximum Gasteiger partial charge on any atom is 0.123 e. The molecule has 1 aliphatic rings. The third-order valence-electron chi connectivity index (χ3n) is 5.98. The monoisotopic (exact) mass is 435 g/mol. The molecule has 170 valence electrons. The molecule has 5 heteroatoms. The molecule has 0 bridgehead atoms. The summed E-state index contributed by atoms with van der Waals surface area (Å²) in [5, 5.41) is 21.5. The third kappa shape index (κ3) is 5.93. The molecule has 1 saturated heterocycles. The number of ether oxygens (including phenoxy) is 2. The number of phenolic OH excluding ortho intramolecular Hbond substituents is 1. The van der Waals surface area contributed by atoms with Gasteiger partial charge >= 0.3 is 0 Å². The number of rotatable bonds is 9. The first-order valence-corrected chi connectivity index (χ1v) is 11.6. The summed E-state index contributed by atoms with van der Waals surface area (Å²) in [6, 6.07) is 17.5. The lowest BCUT2D eigenvalue weighted by Crippen LogP contribution is -2.33. The van der Waals surface area contributed by atoms with E-state index in [4.69, 9.17) is 9.47 Å². The van der Waals surface area contributed by atoms with Crippen molar-refractivity contribution < 1.29 is 19.7 Å². The Morgan fingerprint density at radius 3 is 2.47 bits per heavy atom. The topological polar surface area (TPSA) is 62.2 Å². The summed E-state index contributed by atoms with van der Waals surface area (Å²) >= 11 is 0. The van der Waals surface area contributed by atoms with E-state index in [1.165, 1.54) is 32.4 Å². The number of hydrogen-bond acceptors (Lipinski definition) is 5. The Hall–Kier alpha value is -2.76. The zero-order valence-corrected chi connectivity index (χ0v) is 18.8. The Labute approximate surface area is 190 Å². The van der Waals surface area contributed by atoms with Gasteiger partial charge in [-0.3, -0.25) is 4.90 Å². The number of aliphatic hydroxyl groups is 1.